The summed E-state index contributed by atoms with van der Waals surface area (Å²) >= 11 is 6.43. The van der Waals surface area contributed by atoms with Crippen molar-refractivity contribution >= 4 is 11.6 Å². The minimum absolute atomic E-state index is 0.0541. The van der Waals surface area contributed by atoms with Gasteiger partial charge in [0.05, 0.1) is 13.0 Å². The van der Waals surface area contributed by atoms with Crippen molar-refractivity contribution in [3.63, 3.8) is 0 Å². The number of methoxy groups -OCH3 is 1. The first-order valence-electron chi connectivity index (χ1n) is 6.39. The van der Waals surface area contributed by atoms with Crippen LogP contribution >= 0.6 is 11.6 Å². The van der Waals surface area contributed by atoms with E-state index < -0.39 is 0 Å². The fraction of sp³-hybridized carbons (Fsp3) is 0.125. The van der Waals surface area contributed by atoms with Crippen molar-refractivity contribution in [2.24, 2.45) is 0 Å². The zero-order chi connectivity index (χ0) is 13.9. The van der Waals surface area contributed by atoms with E-state index in [1.165, 1.54) is 0 Å². The average molecular weight is 287 g/mol. The zero-order valence-electron chi connectivity index (χ0n) is 11.1. The Kier molecular flexibility index (Phi) is 3.52. The van der Waals surface area contributed by atoms with Gasteiger partial charge >= 0.3 is 0 Å². The van der Waals surface area contributed by atoms with Crippen molar-refractivity contribution in [1.82, 2.24) is 9.97 Å². The molecule has 0 aliphatic rings. The van der Waals surface area contributed by atoms with Gasteiger partial charge in [-0.1, -0.05) is 17.7 Å². The van der Waals surface area contributed by atoms with Crippen LogP contribution in [0.3, 0.4) is 0 Å². The Bertz CT molecular complexity index is 640. The van der Waals surface area contributed by atoms with Crippen molar-refractivity contribution in [3.8, 4) is 5.75 Å². The van der Waals surface area contributed by atoms with Gasteiger partial charge in [0.15, 0.2) is 0 Å². The SMILES string of the molecule is COc1ccc(C(c2ccc[nH]2)c2ccc[nH]2)c(Cl)c1. The molecule has 0 fully saturated rings. The summed E-state index contributed by atoms with van der Waals surface area (Å²) in [7, 11) is 1.64. The molecule has 102 valence electrons. The standard InChI is InChI=1S/C16H15ClN2O/c1-20-11-6-7-12(13(17)10-11)16(14-4-2-8-18-14)15-5-3-9-19-15/h2-10,16,18-19H,1H3. The van der Waals surface area contributed by atoms with Gasteiger partial charge in [0.2, 0.25) is 0 Å². The molecule has 0 saturated carbocycles. The molecule has 0 radical (unpaired) electrons. The van der Waals surface area contributed by atoms with E-state index in [1.807, 2.05) is 42.7 Å². The quantitative estimate of drug-likeness (QED) is 0.742. The van der Waals surface area contributed by atoms with Gasteiger partial charge in [0, 0.05) is 28.8 Å². The van der Waals surface area contributed by atoms with Gasteiger partial charge < -0.3 is 14.7 Å². The second-order valence-corrected chi connectivity index (χ2v) is 4.98. The number of benzene rings is 1. The van der Waals surface area contributed by atoms with E-state index in [0.717, 1.165) is 22.7 Å². The fourth-order valence-corrected chi connectivity index (χ4v) is 2.70. The molecule has 0 unspecified atom stereocenters. The van der Waals surface area contributed by atoms with Crippen LogP contribution in [0.15, 0.2) is 54.9 Å². The van der Waals surface area contributed by atoms with E-state index >= 15 is 0 Å². The van der Waals surface area contributed by atoms with E-state index in [0.29, 0.717) is 5.02 Å². The predicted molar refractivity (Wildman–Crippen MR) is 80.5 cm³/mol. The van der Waals surface area contributed by atoms with Gasteiger partial charge in [-0.25, -0.2) is 0 Å². The largest absolute Gasteiger partial charge is 0.497 e. The van der Waals surface area contributed by atoms with Crippen molar-refractivity contribution < 1.29 is 4.74 Å². The Balaban J connectivity index is 2.11. The molecule has 0 atom stereocenters. The van der Waals surface area contributed by atoms with Gasteiger partial charge in [-0.2, -0.15) is 0 Å². The molecule has 2 heterocycles. The Morgan fingerprint density at radius 3 is 2.10 bits per heavy atom. The lowest BCUT2D eigenvalue weighted by molar-refractivity contribution is 0.414. The van der Waals surface area contributed by atoms with Crippen molar-refractivity contribution in [2.45, 2.75) is 5.92 Å². The summed E-state index contributed by atoms with van der Waals surface area (Å²) in [5, 5.41) is 0.693. The lowest BCUT2D eigenvalue weighted by atomic mass is 9.92. The van der Waals surface area contributed by atoms with Crippen molar-refractivity contribution in [2.75, 3.05) is 7.11 Å². The molecule has 0 aliphatic heterocycles. The van der Waals surface area contributed by atoms with E-state index in [-0.39, 0.29) is 5.92 Å². The number of hydrogen-bond donors (Lipinski definition) is 2. The fourth-order valence-electron chi connectivity index (χ4n) is 2.42. The van der Waals surface area contributed by atoms with Gasteiger partial charge in [-0.3, -0.25) is 0 Å². The van der Waals surface area contributed by atoms with Crippen LogP contribution in [0.25, 0.3) is 0 Å². The Morgan fingerprint density at radius 2 is 1.65 bits per heavy atom. The Morgan fingerprint density at radius 1 is 1.00 bits per heavy atom. The molecule has 0 saturated heterocycles. The maximum Gasteiger partial charge on any atom is 0.120 e. The molecule has 0 amide bonds. The summed E-state index contributed by atoms with van der Waals surface area (Å²) in [4.78, 5) is 6.54. The summed E-state index contributed by atoms with van der Waals surface area (Å²) in [6.07, 6.45) is 3.84. The van der Waals surface area contributed by atoms with Crippen LogP contribution in [0.5, 0.6) is 5.75 Å². The maximum atomic E-state index is 6.43. The summed E-state index contributed by atoms with van der Waals surface area (Å²) < 4.78 is 5.21. The monoisotopic (exact) mass is 286 g/mol. The van der Waals surface area contributed by atoms with E-state index in [4.69, 9.17) is 16.3 Å². The third-order valence-corrected chi connectivity index (χ3v) is 3.71. The van der Waals surface area contributed by atoms with Crippen LogP contribution in [0.4, 0.5) is 0 Å². The Hall–Kier alpha value is -2.13. The first kappa shape index (κ1) is 12.9. The summed E-state index contributed by atoms with van der Waals surface area (Å²) in [5.74, 6) is 0.814. The van der Waals surface area contributed by atoms with Crippen LogP contribution in [-0.2, 0) is 0 Å². The first-order chi connectivity index (χ1) is 9.79. The molecule has 20 heavy (non-hydrogen) atoms. The molecule has 4 heteroatoms. The molecule has 3 rings (SSSR count). The molecule has 0 bridgehead atoms. The van der Waals surface area contributed by atoms with Gasteiger partial charge in [0.25, 0.3) is 0 Å². The van der Waals surface area contributed by atoms with E-state index in [9.17, 15) is 0 Å². The highest BCUT2D eigenvalue weighted by molar-refractivity contribution is 6.31. The highest BCUT2D eigenvalue weighted by Crippen LogP contribution is 2.35. The summed E-state index contributed by atoms with van der Waals surface area (Å²) in [6.45, 7) is 0. The number of halogens is 1. The van der Waals surface area contributed by atoms with Crippen molar-refractivity contribution in [3.05, 3.63) is 76.8 Å². The molecule has 3 nitrogen and oxygen atoms in total. The predicted octanol–water partition coefficient (Wildman–Crippen LogP) is 4.19. The second kappa shape index (κ2) is 5.47. The highest BCUT2D eigenvalue weighted by Gasteiger charge is 2.21. The van der Waals surface area contributed by atoms with Gasteiger partial charge in [0.1, 0.15) is 5.75 Å². The second-order valence-electron chi connectivity index (χ2n) is 4.57. The van der Waals surface area contributed by atoms with E-state index in [2.05, 4.69) is 22.1 Å². The van der Waals surface area contributed by atoms with E-state index in [1.54, 1.807) is 7.11 Å². The first-order valence-corrected chi connectivity index (χ1v) is 6.77. The van der Waals surface area contributed by atoms with Gasteiger partial charge in [-0.05, 0) is 42.0 Å². The molecule has 0 spiro atoms. The molecular weight excluding hydrogens is 272 g/mol. The Labute approximate surface area is 122 Å². The number of aromatic amines is 2. The van der Waals surface area contributed by atoms with Crippen LogP contribution in [0.2, 0.25) is 5.02 Å². The number of nitrogens with one attached hydrogen (secondary N) is 2. The number of aromatic nitrogens is 2. The molecule has 1 aromatic carbocycles. The minimum atomic E-state index is 0.0541. The average Bonchev–Trinajstić information content (AvgIpc) is 3.14. The van der Waals surface area contributed by atoms with Crippen LogP contribution in [0, 0.1) is 0 Å². The topological polar surface area (TPSA) is 40.8 Å². The summed E-state index contributed by atoms with van der Waals surface area (Å²) in [5.41, 5.74) is 3.23. The highest BCUT2D eigenvalue weighted by atomic mass is 35.5. The van der Waals surface area contributed by atoms with Crippen molar-refractivity contribution in [1.29, 1.82) is 0 Å². The smallest absolute Gasteiger partial charge is 0.120 e. The number of H-pyrrole nitrogens is 2. The minimum Gasteiger partial charge on any atom is -0.497 e. The van der Waals surface area contributed by atoms with Gasteiger partial charge in [-0.15, -0.1) is 0 Å². The molecule has 2 N–H and O–H groups in total. The number of hydrogen-bond acceptors (Lipinski definition) is 1. The third-order valence-electron chi connectivity index (χ3n) is 3.38. The number of ether oxygens (including phenoxy) is 1. The lowest BCUT2D eigenvalue weighted by Crippen LogP contribution is -2.05. The normalized spacial score (nSPS) is 10.9. The number of rotatable bonds is 4. The summed E-state index contributed by atoms with van der Waals surface area (Å²) in [6, 6.07) is 13.9. The van der Waals surface area contributed by atoms with Crippen LogP contribution in [0.1, 0.15) is 22.9 Å². The molecule has 3 aromatic rings. The maximum absolute atomic E-state index is 6.43. The van der Waals surface area contributed by atoms with Crippen LogP contribution < -0.4 is 4.74 Å². The third kappa shape index (κ3) is 2.32. The molecule has 0 aliphatic carbocycles. The molecule has 2 aromatic heterocycles. The van der Waals surface area contributed by atoms with Crippen LogP contribution in [-0.4, -0.2) is 17.1 Å². The molecular formula is C16H15ClN2O. The lowest BCUT2D eigenvalue weighted by Gasteiger charge is -2.17. The zero-order valence-corrected chi connectivity index (χ0v) is 11.8.